The number of benzene rings is 1. The minimum Gasteiger partial charge on any atom is -0.308 e. The summed E-state index contributed by atoms with van der Waals surface area (Å²) < 4.78 is 42.1. The van der Waals surface area contributed by atoms with Crippen LogP contribution in [0.3, 0.4) is 0 Å². The fourth-order valence-corrected chi connectivity index (χ4v) is 3.67. The fourth-order valence-electron chi connectivity index (χ4n) is 3.35. The number of aromatic nitrogens is 4. The van der Waals surface area contributed by atoms with Crippen molar-refractivity contribution in [1.82, 2.24) is 19.6 Å². The molecule has 1 aliphatic rings. The molecule has 1 atom stereocenters. The maximum atomic E-state index is 13.1. The Morgan fingerprint density at radius 1 is 1.22 bits per heavy atom. The molecule has 1 N–H and O–H groups in total. The van der Waals surface area contributed by atoms with Gasteiger partial charge in [-0.2, -0.15) is 23.4 Å². The Labute approximate surface area is 192 Å². The Balaban J connectivity index is 1.43. The van der Waals surface area contributed by atoms with Gasteiger partial charge < -0.3 is 5.32 Å². The monoisotopic (exact) mass is 485 g/mol. The van der Waals surface area contributed by atoms with Gasteiger partial charge in [-0.15, -0.1) is 0 Å². The van der Waals surface area contributed by atoms with Gasteiger partial charge in [-0.05, 0) is 36.6 Å². The average molecular weight is 486 g/mol. The van der Waals surface area contributed by atoms with E-state index in [0.29, 0.717) is 17.3 Å². The first-order valence-corrected chi connectivity index (χ1v) is 10.8. The first kappa shape index (κ1) is 22.7. The summed E-state index contributed by atoms with van der Waals surface area (Å²) in [7, 11) is 0. The van der Waals surface area contributed by atoms with E-state index in [-0.39, 0.29) is 23.3 Å². The second kappa shape index (κ2) is 8.78. The molecule has 11 heteroatoms. The van der Waals surface area contributed by atoms with Gasteiger partial charge in [0.1, 0.15) is 5.02 Å². The van der Waals surface area contributed by atoms with E-state index in [2.05, 4.69) is 15.5 Å². The van der Waals surface area contributed by atoms with Crippen molar-refractivity contribution in [3.05, 3.63) is 63.5 Å². The van der Waals surface area contributed by atoms with Gasteiger partial charge in [0, 0.05) is 22.8 Å². The fraction of sp³-hybridized carbons (Fsp3) is 0.381. The van der Waals surface area contributed by atoms with E-state index in [4.69, 9.17) is 23.2 Å². The molecule has 1 amide bonds. The van der Waals surface area contributed by atoms with Crippen molar-refractivity contribution >= 4 is 34.9 Å². The van der Waals surface area contributed by atoms with Gasteiger partial charge in [0.25, 0.3) is 0 Å². The Hall–Kier alpha value is -2.52. The number of halogens is 5. The molecule has 1 saturated carbocycles. The Morgan fingerprint density at radius 3 is 2.53 bits per heavy atom. The van der Waals surface area contributed by atoms with Crippen molar-refractivity contribution in [2.45, 2.75) is 44.9 Å². The normalized spacial score (nSPS) is 15.1. The van der Waals surface area contributed by atoms with Gasteiger partial charge in [0.15, 0.2) is 11.5 Å². The summed E-state index contributed by atoms with van der Waals surface area (Å²) >= 11 is 12.1. The van der Waals surface area contributed by atoms with Crippen molar-refractivity contribution < 1.29 is 18.0 Å². The molecule has 2 aromatic heterocycles. The van der Waals surface area contributed by atoms with Crippen LogP contribution in [0.1, 0.15) is 42.6 Å². The van der Waals surface area contributed by atoms with E-state index in [9.17, 15) is 18.0 Å². The van der Waals surface area contributed by atoms with Crippen molar-refractivity contribution in [2.24, 2.45) is 5.92 Å². The summed E-state index contributed by atoms with van der Waals surface area (Å²) in [5.41, 5.74) is 0.532. The number of alkyl halides is 3. The number of hydrogen-bond donors (Lipinski definition) is 1. The zero-order valence-corrected chi connectivity index (χ0v) is 18.5. The van der Waals surface area contributed by atoms with Crippen LogP contribution in [0.5, 0.6) is 0 Å². The van der Waals surface area contributed by atoms with Crippen LogP contribution in [0.15, 0.2) is 36.5 Å². The van der Waals surface area contributed by atoms with Crippen molar-refractivity contribution in [3.8, 4) is 0 Å². The second-order valence-electron chi connectivity index (χ2n) is 7.95. The number of amides is 1. The predicted molar refractivity (Wildman–Crippen MR) is 115 cm³/mol. The van der Waals surface area contributed by atoms with Gasteiger partial charge in [-0.1, -0.05) is 42.3 Å². The third-order valence-corrected chi connectivity index (χ3v) is 5.74. The largest absolute Gasteiger partial charge is 0.435 e. The van der Waals surface area contributed by atoms with Gasteiger partial charge >= 0.3 is 6.18 Å². The molecule has 0 radical (unpaired) electrons. The molecule has 0 aliphatic heterocycles. The number of nitrogens with zero attached hydrogens (tertiary/aromatic N) is 4. The number of nitrogens with one attached hydrogen (secondary N) is 1. The smallest absolute Gasteiger partial charge is 0.308 e. The summed E-state index contributed by atoms with van der Waals surface area (Å²) in [4.78, 5) is 12.7. The van der Waals surface area contributed by atoms with Crippen LogP contribution in [0.4, 0.5) is 19.0 Å². The Morgan fingerprint density at radius 2 is 1.91 bits per heavy atom. The molecule has 1 aromatic carbocycles. The highest BCUT2D eigenvalue weighted by atomic mass is 35.5. The SMILES string of the molecule is CC(Cn1nc(C(F)(F)F)cc1C1CC1)C(=O)Nc1nn(Cc2ccc(Cl)cc2)cc1Cl. The summed E-state index contributed by atoms with van der Waals surface area (Å²) in [6, 6.07) is 8.32. The zero-order valence-electron chi connectivity index (χ0n) is 17.0. The Kier molecular flexibility index (Phi) is 6.22. The first-order chi connectivity index (χ1) is 15.1. The molecule has 3 aromatic rings. The molecule has 0 saturated heterocycles. The molecule has 0 spiro atoms. The van der Waals surface area contributed by atoms with E-state index in [1.54, 1.807) is 29.9 Å². The van der Waals surface area contributed by atoms with E-state index < -0.39 is 23.7 Å². The lowest BCUT2D eigenvalue weighted by molar-refractivity contribution is -0.141. The van der Waals surface area contributed by atoms with E-state index in [0.717, 1.165) is 24.5 Å². The molecule has 170 valence electrons. The topological polar surface area (TPSA) is 64.7 Å². The van der Waals surface area contributed by atoms with E-state index in [1.807, 2.05) is 12.1 Å². The van der Waals surface area contributed by atoms with Crippen molar-refractivity contribution in [3.63, 3.8) is 0 Å². The molecule has 32 heavy (non-hydrogen) atoms. The summed E-state index contributed by atoms with van der Waals surface area (Å²) in [5, 5.41) is 11.5. The Bertz CT molecular complexity index is 1120. The maximum absolute atomic E-state index is 13.1. The van der Waals surface area contributed by atoms with Gasteiger partial charge in [0.2, 0.25) is 5.91 Å². The second-order valence-corrected chi connectivity index (χ2v) is 8.79. The standard InChI is InChI=1S/C21H20Cl2F3N5O/c1-12(9-31-17(14-4-5-14)8-18(28-31)21(24,25)26)20(32)27-19-16(23)11-30(29-19)10-13-2-6-15(22)7-3-13/h2-3,6-8,11-12,14H,4-5,9-10H2,1H3,(H,27,29,32). The lowest BCUT2D eigenvalue weighted by Gasteiger charge is -2.13. The minimum atomic E-state index is -4.52. The quantitative estimate of drug-likeness (QED) is 0.473. The van der Waals surface area contributed by atoms with Crippen LogP contribution < -0.4 is 5.32 Å². The molecule has 4 rings (SSSR count). The maximum Gasteiger partial charge on any atom is 0.435 e. The van der Waals surface area contributed by atoms with Crippen LogP contribution in [-0.4, -0.2) is 25.5 Å². The highest BCUT2D eigenvalue weighted by Crippen LogP contribution is 2.42. The molecule has 1 fully saturated rings. The summed E-state index contributed by atoms with van der Waals surface area (Å²) in [6.45, 7) is 2.08. The summed E-state index contributed by atoms with van der Waals surface area (Å²) in [6.07, 6.45) is -1.29. The van der Waals surface area contributed by atoms with Crippen LogP contribution in [0.25, 0.3) is 0 Å². The van der Waals surface area contributed by atoms with Gasteiger partial charge in [0.05, 0.1) is 19.0 Å². The molecular formula is C21H20Cl2F3N5O. The van der Waals surface area contributed by atoms with Gasteiger partial charge in [-0.25, -0.2) is 0 Å². The average Bonchev–Trinajstić information content (AvgIpc) is 3.38. The predicted octanol–water partition coefficient (Wildman–Crippen LogP) is 5.61. The first-order valence-electron chi connectivity index (χ1n) is 10.0. The van der Waals surface area contributed by atoms with Crippen LogP contribution in [-0.2, 0) is 24.1 Å². The number of hydrogen-bond acceptors (Lipinski definition) is 3. The van der Waals surface area contributed by atoms with E-state index >= 15 is 0 Å². The number of carbonyl (C=O) groups excluding carboxylic acids is 1. The molecule has 1 aliphatic carbocycles. The number of rotatable bonds is 7. The molecule has 0 bridgehead atoms. The molecule has 1 unspecified atom stereocenters. The minimum absolute atomic E-state index is 0.0247. The highest BCUT2D eigenvalue weighted by molar-refractivity contribution is 6.33. The third kappa shape index (κ3) is 5.27. The van der Waals surface area contributed by atoms with Crippen LogP contribution in [0, 0.1) is 5.92 Å². The zero-order chi connectivity index (χ0) is 23.0. The molecular weight excluding hydrogens is 466 g/mol. The van der Waals surface area contributed by atoms with E-state index in [1.165, 1.54) is 4.68 Å². The molecule has 2 heterocycles. The lowest BCUT2D eigenvalue weighted by atomic mass is 10.1. The van der Waals surface area contributed by atoms with Crippen LogP contribution >= 0.6 is 23.2 Å². The lowest BCUT2D eigenvalue weighted by Crippen LogP contribution is -2.26. The number of anilines is 1. The highest BCUT2D eigenvalue weighted by Gasteiger charge is 2.38. The van der Waals surface area contributed by atoms with Crippen molar-refractivity contribution in [2.75, 3.05) is 5.32 Å². The third-order valence-electron chi connectivity index (χ3n) is 5.21. The number of carbonyl (C=O) groups is 1. The van der Waals surface area contributed by atoms with Crippen molar-refractivity contribution in [1.29, 1.82) is 0 Å². The van der Waals surface area contributed by atoms with Gasteiger partial charge in [-0.3, -0.25) is 14.2 Å². The molecule has 6 nitrogen and oxygen atoms in total. The summed E-state index contributed by atoms with van der Waals surface area (Å²) in [5.74, 6) is -0.802. The van der Waals surface area contributed by atoms with Crippen LogP contribution in [0.2, 0.25) is 10.0 Å².